The van der Waals surface area contributed by atoms with Gasteiger partial charge in [0.2, 0.25) is 11.8 Å². The number of hydrogen-bond donors (Lipinski definition) is 0. The first-order valence-corrected chi connectivity index (χ1v) is 6.50. The summed E-state index contributed by atoms with van der Waals surface area (Å²) in [6, 6.07) is 0. The fourth-order valence-electron chi connectivity index (χ4n) is 2.07. The molecule has 0 aliphatic heterocycles. The van der Waals surface area contributed by atoms with Crippen LogP contribution in [0.1, 0.15) is 32.6 Å². The van der Waals surface area contributed by atoms with Gasteiger partial charge in [-0.15, -0.1) is 0 Å². The minimum absolute atomic E-state index is 0.00167. The van der Waals surface area contributed by atoms with Crippen molar-refractivity contribution in [1.29, 1.82) is 0 Å². The van der Waals surface area contributed by atoms with Crippen molar-refractivity contribution >= 4 is 21.8 Å². The number of nitrogens with zero attached hydrogens (tertiary/aromatic N) is 1. The lowest BCUT2D eigenvalue weighted by Gasteiger charge is -2.30. The van der Waals surface area contributed by atoms with E-state index in [1.165, 1.54) is 0 Å². The van der Waals surface area contributed by atoms with Crippen LogP contribution in [0.3, 0.4) is 0 Å². The van der Waals surface area contributed by atoms with Crippen LogP contribution in [0.4, 0.5) is 8.78 Å². The Labute approximate surface area is 104 Å². The highest BCUT2D eigenvalue weighted by Crippen LogP contribution is 2.36. The van der Waals surface area contributed by atoms with Gasteiger partial charge in [-0.05, 0) is 12.8 Å². The molecule has 0 radical (unpaired) electrons. The summed E-state index contributed by atoms with van der Waals surface area (Å²) in [4.78, 5) is 13.8. The third kappa shape index (κ3) is 4.00. The maximum absolute atomic E-state index is 12.9. The van der Waals surface area contributed by atoms with E-state index in [9.17, 15) is 13.6 Å². The second kappa shape index (κ2) is 5.43. The molecule has 0 bridgehead atoms. The summed E-state index contributed by atoms with van der Waals surface area (Å²) in [5.41, 5.74) is 0. The van der Waals surface area contributed by atoms with Gasteiger partial charge in [-0.1, -0.05) is 22.9 Å². The molecular weight excluding hydrogens is 280 g/mol. The van der Waals surface area contributed by atoms with Crippen molar-refractivity contribution in [1.82, 2.24) is 4.90 Å². The first-order valence-electron chi connectivity index (χ1n) is 5.59. The summed E-state index contributed by atoms with van der Waals surface area (Å²) in [7, 11) is 1.73. The van der Waals surface area contributed by atoms with Crippen molar-refractivity contribution in [3.05, 3.63) is 0 Å². The van der Waals surface area contributed by atoms with E-state index in [0.29, 0.717) is 19.4 Å². The van der Waals surface area contributed by atoms with Crippen LogP contribution < -0.4 is 0 Å². The van der Waals surface area contributed by atoms with Crippen LogP contribution in [0, 0.1) is 5.92 Å². The molecule has 16 heavy (non-hydrogen) atoms. The molecule has 2 nitrogen and oxygen atoms in total. The number of hydrogen-bond acceptors (Lipinski definition) is 1. The Balaban J connectivity index is 2.44. The van der Waals surface area contributed by atoms with E-state index in [2.05, 4.69) is 15.9 Å². The third-order valence-corrected chi connectivity index (χ3v) is 3.26. The third-order valence-electron chi connectivity index (χ3n) is 2.97. The van der Waals surface area contributed by atoms with Gasteiger partial charge in [0, 0.05) is 37.2 Å². The summed E-state index contributed by atoms with van der Waals surface area (Å²) < 4.78 is 25.8. The van der Waals surface area contributed by atoms with Crippen LogP contribution in [0.2, 0.25) is 0 Å². The molecule has 1 saturated carbocycles. The largest absolute Gasteiger partial charge is 0.344 e. The molecule has 94 valence electrons. The molecule has 0 aromatic carbocycles. The number of amides is 1. The Morgan fingerprint density at radius 3 is 2.44 bits per heavy atom. The molecule has 0 spiro atoms. The summed E-state index contributed by atoms with van der Waals surface area (Å²) in [6.45, 7) is 2.57. The average molecular weight is 298 g/mol. The molecule has 0 aromatic heterocycles. The van der Waals surface area contributed by atoms with Crippen LogP contribution in [0.15, 0.2) is 0 Å². The smallest absolute Gasteiger partial charge is 0.248 e. The predicted molar refractivity (Wildman–Crippen MR) is 62.9 cm³/mol. The average Bonchev–Trinajstić information content (AvgIpc) is 2.15. The van der Waals surface area contributed by atoms with Gasteiger partial charge in [-0.2, -0.15) is 0 Å². The highest BCUT2D eigenvalue weighted by Gasteiger charge is 2.38. The van der Waals surface area contributed by atoms with E-state index in [1.807, 2.05) is 6.92 Å². The number of halogens is 3. The Kier molecular flexibility index (Phi) is 4.71. The molecule has 1 amide bonds. The van der Waals surface area contributed by atoms with Gasteiger partial charge in [0.05, 0.1) is 0 Å². The topological polar surface area (TPSA) is 20.3 Å². The monoisotopic (exact) mass is 297 g/mol. The van der Waals surface area contributed by atoms with Crippen molar-refractivity contribution in [3.63, 3.8) is 0 Å². The van der Waals surface area contributed by atoms with Crippen LogP contribution in [0.5, 0.6) is 0 Å². The zero-order valence-electron chi connectivity index (χ0n) is 9.68. The van der Waals surface area contributed by atoms with E-state index >= 15 is 0 Å². The van der Waals surface area contributed by atoms with Gasteiger partial charge in [0.25, 0.3) is 0 Å². The minimum Gasteiger partial charge on any atom is -0.344 e. The molecule has 5 heteroatoms. The SMILES string of the molecule is CC(Br)CN(C)C(=O)C1CCC(F)(F)CC1. The Morgan fingerprint density at radius 1 is 1.50 bits per heavy atom. The van der Waals surface area contributed by atoms with Gasteiger partial charge < -0.3 is 4.90 Å². The van der Waals surface area contributed by atoms with Crippen molar-refractivity contribution in [2.24, 2.45) is 5.92 Å². The first-order chi connectivity index (χ1) is 7.32. The van der Waals surface area contributed by atoms with E-state index in [1.54, 1.807) is 11.9 Å². The van der Waals surface area contributed by atoms with Gasteiger partial charge in [0.1, 0.15) is 0 Å². The zero-order chi connectivity index (χ0) is 12.3. The number of carbonyl (C=O) groups excluding carboxylic acids is 1. The zero-order valence-corrected chi connectivity index (χ0v) is 11.3. The molecule has 0 aromatic rings. The predicted octanol–water partition coefficient (Wildman–Crippen LogP) is 3.05. The second-order valence-electron chi connectivity index (χ2n) is 4.63. The molecule has 1 aliphatic carbocycles. The van der Waals surface area contributed by atoms with E-state index < -0.39 is 5.92 Å². The van der Waals surface area contributed by atoms with Gasteiger partial charge in [0.15, 0.2) is 0 Å². The van der Waals surface area contributed by atoms with Crippen molar-refractivity contribution in [2.45, 2.75) is 43.4 Å². The maximum atomic E-state index is 12.9. The molecule has 1 unspecified atom stereocenters. The summed E-state index contributed by atoms with van der Waals surface area (Å²) >= 11 is 3.37. The molecule has 1 rings (SSSR count). The quantitative estimate of drug-likeness (QED) is 0.733. The van der Waals surface area contributed by atoms with Crippen LogP contribution in [0.25, 0.3) is 0 Å². The minimum atomic E-state index is -2.56. The molecule has 0 heterocycles. The molecule has 1 aliphatic rings. The number of alkyl halides is 3. The second-order valence-corrected chi connectivity index (χ2v) is 6.19. The summed E-state index contributed by atoms with van der Waals surface area (Å²) in [5, 5.41) is 0. The fraction of sp³-hybridized carbons (Fsp3) is 0.909. The summed E-state index contributed by atoms with van der Waals surface area (Å²) in [6.07, 6.45) is 0.321. The van der Waals surface area contributed by atoms with E-state index in [4.69, 9.17) is 0 Å². The molecule has 0 N–H and O–H groups in total. The van der Waals surface area contributed by atoms with Crippen LogP contribution >= 0.6 is 15.9 Å². The van der Waals surface area contributed by atoms with Gasteiger partial charge in [-0.3, -0.25) is 4.79 Å². The molecule has 0 saturated heterocycles. The maximum Gasteiger partial charge on any atom is 0.248 e. The number of carbonyl (C=O) groups is 1. The molecule has 1 fully saturated rings. The highest BCUT2D eigenvalue weighted by atomic mass is 79.9. The lowest BCUT2D eigenvalue weighted by atomic mass is 9.86. The Bertz CT molecular complexity index is 248. The number of rotatable bonds is 3. The van der Waals surface area contributed by atoms with Gasteiger partial charge >= 0.3 is 0 Å². The molecular formula is C11H18BrF2NO. The lowest BCUT2D eigenvalue weighted by molar-refractivity contribution is -0.138. The normalized spacial score (nSPS) is 22.8. The summed E-state index contributed by atoms with van der Waals surface area (Å²) in [5.74, 6) is -2.77. The highest BCUT2D eigenvalue weighted by molar-refractivity contribution is 9.09. The van der Waals surface area contributed by atoms with E-state index in [-0.39, 0.29) is 29.5 Å². The van der Waals surface area contributed by atoms with Crippen molar-refractivity contribution < 1.29 is 13.6 Å². The van der Waals surface area contributed by atoms with Crippen molar-refractivity contribution in [3.8, 4) is 0 Å². The first kappa shape index (κ1) is 13.9. The van der Waals surface area contributed by atoms with Crippen LogP contribution in [-0.2, 0) is 4.79 Å². The van der Waals surface area contributed by atoms with E-state index in [0.717, 1.165) is 0 Å². The standard InChI is InChI=1S/C11H18BrF2NO/c1-8(12)7-15(2)10(16)9-3-5-11(13,14)6-4-9/h8-9H,3-7H2,1-2H3. The van der Waals surface area contributed by atoms with Crippen molar-refractivity contribution in [2.75, 3.05) is 13.6 Å². The fourth-order valence-corrected chi connectivity index (χ4v) is 2.50. The molecule has 1 atom stereocenters. The van der Waals surface area contributed by atoms with Gasteiger partial charge in [-0.25, -0.2) is 8.78 Å². The van der Waals surface area contributed by atoms with Crippen LogP contribution in [-0.4, -0.2) is 35.1 Å². The Morgan fingerprint density at radius 2 is 2.00 bits per heavy atom. The Hall–Kier alpha value is -0.190. The lowest BCUT2D eigenvalue weighted by Crippen LogP contribution is -2.39.